The number of aliphatic hydroxyl groups is 1. The maximum atomic E-state index is 12.2. The van der Waals surface area contributed by atoms with Crippen LogP contribution in [-0.2, 0) is 0 Å². The molecule has 2 unspecified atom stereocenters. The Bertz CT molecular complexity index is 461. The first-order chi connectivity index (χ1) is 9.08. The molecule has 0 radical (unpaired) electrons. The van der Waals surface area contributed by atoms with Gasteiger partial charge in [-0.15, -0.1) is 0 Å². The molecule has 4 heteroatoms. The molecule has 0 heterocycles. The van der Waals surface area contributed by atoms with E-state index in [1.54, 1.807) is 0 Å². The lowest BCUT2D eigenvalue weighted by Crippen LogP contribution is -2.42. The zero-order valence-electron chi connectivity index (χ0n) is 11.2. The summed E-state index contributed by atoms with van der Waals surface area (Å²) in [5, 5.41) is 13.0. The van der Waals surface area contributed by atoms with Gasteiger partial charge in [-0.05, 0) is 37.5 Å². The van der Waals surface area contributed by atoms with E-state index in [9.17, 15) is 9.90 Å². The highest BCUT2D eigenvalue weighted by atomic mass is 79.9. The second-order valence-corrected chi connectivity index (χ2v) is 6.10. The largest absolute Gasteiger partial charge is 0.391 e. The molecule has 2 atom stereocenters. The summed E-state index contributed by atoms with van der Waals surface area (Å²) in [6.45, 7) is 1.99. The van der Waals surface area contributed by atoms with E-state index in [4.69, 9.17) is 0 Å². The van der Waals surface area contributed by atoms with Gasteiger partial charge >= 0.3 is 0 Å². The Morgan fingerprint density at radius 3 is 2.79 bits per heavy atom. The molecule has 0 spiro atoms. The van der Waals surface area contributed by atoms with Crippen LogP contribution in [0.1, 0.15) is 48.0 Å². The number of aliphatic hydroxyl groups excluding tert-OH is 1. The molecule has 2 N–H and O–H groups in total. The maximum absolute atomic E-state index is 12.2. The van der Waals surface area contributed by atoms with Gasteiger partial charge in [0, 0.05) is 10.0 Å². The fourth-order valence-corrected chi connectivity index (χ4v) is 2.82. The number of nitrogens with one attached hydrogen (secondary N) is 1. The summed E-state index contributed by atoms with van der Waals surface area (Å²) in [5.41, 5.74) is 1.74. The van der Waals surface area contributed by atoms with E-state index in [0.717, 1.165) is 42.1 Å². The number of rotatable bonds is 2. The third-order valence-electron chi connectivity index (χ3n) is 3.73. The number of carbonyl (C=O) groups excluding carboxylic acids is 1. The summed E-state index contributed by atoms with van der Waals surface area (Å²) in [6, 6.07) is 5.45. The summed E-state index contributed by atoms with van der Waals surface area (Å²) in [7, 11) is 0. The van der Waals surface area contributed by atoms with Gasteiger partial charge in [-0.1, -0.05) is 41.3 Å². The molecule has 2 rings (SSSR count). The quantitative estimate of drug-likeness (QED) is 0.820. The van der Waals surface area contributed by atoms with Crippen LogP contribution < -0.4 is 5.32 Å². The van der Waals surface area contributed by atoms with E-state index in [1.165, 1.54) is 0 Å². The number of aryl methyl sites for hydroxylation is 1. The molecule has 1 aromatic rings. The first-order valence-electron chi connectivity index (χ1n) is 6.83. The van der Waals surface area contributed by atoms with Gasteiger partial charge in [-0.2, -0.15) is 0 Å². The van der Waals surface area contributed by atoms with Crippen molar-refractivity contribution in [2.24, 2.45) is 0 Å². The third kappa shape index (κ3) is 3.80. The Kier molecular flexibility index (Phi) is 4.99. The first kappa shape index (κ1) is 14.5. The number of carbonyl (C=O) groups is 1. The van der Waals surface area contributed by atoms with E-state index in [1.807, 2.05) is 25.1 Å². The molecule has 0 bridgehead atoms. The van der Waals surface area contributed by atoms with Crippen molar-refractivity contribution in [3.63, 3.8) is 0 Å². The summed E-state index contributed by atoms with van der Waals surface area (Å²) < 4.78 is 0.932. The van der Waals surface area contributed by atoms with Crippen LogP contribution in [0, 0.1) is 6.92 Å². The van der Waals surface area contributed by atoms with Crippen LogP contribution in [0.2, 0.25) is 0 Å². The lowest BCUT2D eigenvalue weighted by Gasteiger charge is -2.21. The van der Waals surface area contributed by atoms with Gasteiger partial charge in [-0.25, -0.2) is 0 Å². The smallest absolute Gasteiger partial charge is 0.251 e. The summed E-state index contributed by atoms with van der Waals surface area (Å²) in [6.07, 6.45) is 4.48. The highest BCUT2D eigenvalue weighted by molar-refractivity contribution is 9.10. The number of amides is 1. The summed E-state index contributed by atoms with van der Waals surface area (Å²) in [5.74, 6) is -0.105. The van der Waals surface area contributed by atoms with Crippen LogP contribution in [0.5, 0.6) is 0 Å². The van der Waals surface area contributed by atoms with Crippen LogP contribution in [0.3, 0.4) is 0 Å². The van der Waals surface area contributed by atoms with Gasteiger partial charge in [0.05, 0.1) is 12.1 Å². The Hall–Kier alpha value is -0.870. The molecule has 104 valence electrons. The van der Waals surface area contributed by atoms with Gasteiger partial charge in [0.15, 0.2) is 0 Å². The molecule has 0 saturated heterocycles. The zero-order valence-corrected chi connectivity index (χ0v) is 12.7. The monoisotopic (exact) mass is 325 g/mol. The number of halogens is 1. The molecule has 3 nitrogen and oxygen atoms in total. The van der Waals surface area contributed by atoms with Crippen molar-refractivity contribution < 1.29 is 9.90 Å². The van der Waals surface area contributed by atoms with Crippen molar-refractivity contribution in [2.45, 2.75) is 51.2 Å². The molecule has 19 heavy (non-hydrogen) atoms. The molecular weight excluding hydrogens is 306 g/mol. The second kappa shape index (κ2) is 6.53. The van der Waals surface area contributed by atoms with Crippen molar-refractivity contribution in [3.05, 3.63) is 33.8 Å². The van der Waals surface area contributed by atoms with Gasteiger partial charge in [0.1, 0.15) is 0 Å². The minimum absolute atomic E-state index is 0.105. The maximum Gasteiger partial charge on any atom is 0.251 e. The van der Waals surface area contributed by atoms with Crippen LogP contribution in [0.25, 0.3) is 0 Å². The molecule has 1 fully saturated rings. The topological polar surface area (TPSA) is 49.3 Å². The molecule has 0 aromatic heterocycles. The molecule has 1 aliphatic carbocycles. The highest BCUT2D eigenvalue weighted by Gasteiger charge is 2.23. The highest BCUT2D eigenvalue weighted by Crippen LogP contribution is 2.20. The minimum atomic E-state index is -0.416. The third-order valence-corrected chi connectivity index (χ3v) is 4.58. The van der Waals surface area contributed by atoms with Crippen molar-refractivity contribution >= 4 is 21.8 Å². The van der Waals surface area contributed by atoms with Crippen LogP contribution >= 0.6 is 15.9 Å². The normalized spacial score (nSPS) is 23.7. The van der Waals surface area contributed by atoms with E-state index in [-0.39, 0.29) is 11.9 Å². The van der Waals surface area contributed by atoms with Crippen molar-refractivity contribution in [2.75, 3.05) is 0 Å². The van der Waals surface area contributed by atoms with Crippen molar-refractivity contribution in [1.82, 2.24) is 5.32 Å². The molecule has 1 amide bonds. The van der Waals surface area contributed by atoms with Crippen LogP contribution in [-0.4, -0.2) is 23.2 Å². The fourth-order valence-electron chi connectivity index (χ4n) is 2.44. The van der Waals surface area contributed by atoms with E-state index in [2.05, 4.69) is 21.2 Å². The fraction of sp³-hybridized carbons (Fsp3) is 0.533. The average molecular weight is 326 g/mol. The number of hydrogen-bond donors (Lipinski definition) is 2. The molecule has 1 saturated carbocycles. The molecule has 1 aliphatic rings. The summed E-state index contributed by atoms with van der Waals surface area (Å²) in [4.78, 5) is 12.2. The van der Waals surface area contributed by atoms with Crippen molar-refractivity contribution in [1.29, 1.82) is 0 Å². The van der Waals surface area contributed by atoms with Gasteiger partial charge in [0.2, 0.25) is 0 Å². The Labute approximate surface area is 122 Å². The lowest BCUT2D eigenvalue weighted by molar-refractivity contribution is 0.0818. The standard InChI is InChI=1S/C15H20BrNO2/c1-10-7-8-11(9-12(10)16)15(19)17-13-5-3-2-4-6-14(13)18/h7-9,13-14,18H,2-6H2,1H3,(H,17,19). The minimum Gasteiger partial charge on any atom is -0.391 e. The number of benzene rings is 1. The van der Waals surface area contributed by atoms with Crippen molar-refractivity contribution in [3.8, 4) is 0 Å². The second-order valence-electron chi connectivity index (χ2n) is 5.25. The Balaban J connectivity index is 2.05. The number of hydrogen-bond acceptors (Lipinski definition) is 2. The molecular formula is C15H20BrNO2. The van der Waals surface area contributed by atoms with Crippen LogP contribution in [0.4, 0.5) is 0 Å². The van der Waals surface area contributed by atoms with E-state index < -0.39 is 6.10 Å². The Morgan fingerprint density at radius 2 is 2.05 bits per heavy atom. The van der Waals surface area contributed by atoms with Crippen LogP contribution in [0.15, 0.2) is 22.7 Å². The van der Waals surface area contributed by atoms with Gasteiger partial charge in [0.25, 0.3) is 5.91 Å². The predicted octanol–water partition coefficient (Wildman–Crippen LogP) is 3.18. The van der Waals surface area contributed by atoms with Gasteiger partial charge in [-0.3, -0.25) is 4.79 Å². The van der Waals surface area contributed by atoms with E-state index >= 15 is 0 Å². The van der Waals surface area contributed by atoms with E-state index in [0.29, 0.717) is 5.56 Å². The zero-order chi connectivity index (χ0) is 13.8. The average Bonchev–Trinajstić information content (AvgIpc) is 2.58. The lowest BCUT2D eigenvalue weighted by atomic mass is 10.1. The predicted molar refractivity (Wildman–Crippen MR) is 79.2 cm³/mol. The molecule has 1 aromatic carbocycles. The van der Waals surface area contributed by atoms with Gasteiger partial charge < -0.3 is 10.4 Å². The first-order valence-corrected chi connectivity index (χ1v) is 7.62. The molecule has 0 aliphatic heterocycles. The Morgan fingerprint density at radius 1 is 1.32 bits per heavy atom. The summed E-state index contributed by atoms with van der Waals surface area (Å²) >= 11 is 3.43. The SMILES string of the molecule is Cc1ccc(C(=O)NC2CCCCCC2O)cc1Br.